The van der Waals surface area contributed by atoms with Gasteiger partial charge in [0.15, 0.2) is 0 Å². The van der Waals surface area contributed by atoms with E-state index in [4.69, 9.17) is 10.8 Å². The van der Waals surface area contributed by atoms with Gasteiger partial charge >= 0.3 is 0 Å². The molecule has 1 aromatic heterocycles. The molecule has 17 heavy (non-hydrogen) atoms. The minimum absolute atomic E-state index is 0.0872. The van der Waals surface area contributed by atoms with Gasteiger partial charge in [-0.05, 0) is 0 Å². The van der Waals surface area contributed by atoms with Crippen LogP contribution in [0, 0.1) is 0 Å². The molecule has 0 spiro atoms. The fourth-order valence-corrected chi connectivity index (χ4v) is 1.41. The third-order valence-electron chi connectivity index (χ3n) is 2.15. The summed E-state index contributed by atoms with van der Waals surface area (Å²) in [6.45, 7) is 1.23. The molecule has 3 N–H and O–H groups in total. The number of hydrogen-bond acceptors (Lipinski definition) is 5. The summed E-state index contributed by atoms with van der Waals surface area (Å²) in [6.07, 6.45) is -1.93. The van der Waals surface area contributed by atoms with Crippen molar-refractivity contribution in [1.29, 1.82) is 0 Å². The molecule has 7 heteroatoms. The predicted octanol–water partition coefficient (Wildman–Crippen LogP) is 0.685. The van der Waals surface area contributed by atoms with Crippen molar-refractivity contribution in [3.8, 4) is 0 Å². The zero-order chi connectivity index (χ0) is 12.8. The molecule has 5 nitrogen and oxygen atoms in total. The Morgan fingerprint density at radius 2 is 2.18 bits per heavy atom. The molecule has 0 amide bonds. The molecular weight excluding hydrogens is 230 g/mol. The van der Waals surface area contributed by atoms with Crippen molar-refractivity contribution in [2.75, 3.05) is 30.3 Å². The van der Waals surface area contributed by atoms with Gasteiger partial charge in [-0.25, -0.2) is 18.7 Å². The van der Waals surface area contributed by atoms with E-state index in [1.165, 1.54) is 11.0 Å². The molecular formula is C10H16F2N4O. The van der Waals surface area contributed by atoms with Crippen LogP contribution in [-0.2, 0) is 6.42 Å². The van der Waals surface area contributed by atoms with Crippen molar-refractivity contribution >= 4 is 11.6 Å². The summed E-state index contributed by atoms with van der Waals surface area (Å²) in [5.74, 6) is 1.06. The van der Waals surface area contributed by atoms with Gasteiger partial charge < -0.3 is 15.7 Å². The van der Waals surface area contributed by atoms with E-state index in [9.17, 15) is 8.78 Å². The zero-order valence-corrected chi connectivity index (χ0v) is 9.61. The van der Waals surface area contributed by atoms with Crippen molar-refractivity contribution in [3.05, 3.63) is 11.9 Å². The number of nitrogens with zero attached hydrogens (tertiary/aromatic N) is 3. The molecule has 96 valence electrons. The molecule has 1 rings (SSSR count). The van der Waals surface area contributed by atoms with E-state index in [1.807, 2.05) is 6.92 Å². The standard InChI is InChI=1S/C10H16F2N4O/c1-2-9-14-8(13)5-10(15-9)16(3-4-17)6-7(11)12/h5,7,17H,2-4,6H2,1H3,(H2,13,14,15). The summed E-state index contributed by atoms with van der Waals surface area (Å²) in [6, 6.07) is 1.43. The predicted molar refractivity (Wildman–Crippen MR) is 61.1 cm³/mol. The Hall–Kier alpha value is -1.50. The number of hydrogen-bond donors (Lipinski definition) is 2. The first kappa shape index (κ1) is 13.6. The van der Waals surface area contributed by atoms with Crippen molar-refractivity contribution in [2.45, 2.75) is 19.8 Å². The molecule has 0 unspecified atom stereocenters. The fourth-order valence-electron chi connectivity index (χ4n) is 1.41. The lowest BCUT2D eigenvalue weighted by molar-refractivity contribution is 0.152. The van der Waals surface area contributed by atoms with Crippen LogP contribution in [0.1, 0.15) is 12.7 Å². The minimum Gasteiger partial charge on any atom is -0.395 e. The zero-order valence-electron chi connectivity index (χ0n) is 9.61. The highest BCUT2D eigenvalue weighted by molar-refractivity contribution is 5.47. The van der Waals surface area contributed by atoms with E-state index >= 15 is 0 Å². The fraction of sp³-hybridized carbons (Fsp3) is 0.600. The van der Waals surface area contributed by atoms with Gasteiger partial charge in [-0.2, -0.15) is 0 Å². The van der Waals surface area contributed by atoms with Gasteiger partial charge in [0.2, 0.25) is 0 Å². The summed E-state index contributed by atoms with van der Waals surface area (Å²) in [7, 11) is 0. The molecule has 0 aliphatic rings. The first-order valence-electron chi connectivity index (χ1n) is 5.34. The number of nitrogen functional groups attached to an aromatic ring is 1. The molecule has 0 aliphatic heterocycles. The Kier molecular flexibility index (Phi) is 5.02. The maximum atomic E-state index is 12.4. The van der Waals surface area contributed by atoms with Crippen LogP contribution in [0.25, 0.3) is 0 Å². The highest BCUT2D eigenvalue weighted by Gasteiger charge is 2.15. The third-order valence-corrected chi connectivity index (χ3v) is 2.15. The van der Waals surface area contributed by atoms with Crippen LogP contribution in [0.3, 0.4) is 0 Å². The Balaban J connectivity index is 2.95. The second-order valence-electron chi connectivity index (χ2n) is 3.48. The van der Waals surface area contributed by atoms with Crippen LogP contribution in [0.5, 0.6) is 0 Å². The number of aliphatic hydroxyl groups excluding tert-OH is 1. The van der Waals surface area contributed by atoms with Crippen molar-refractivity contribution < 1.29 is 13.9 Å². The summed E-state index contributed by atoms with van der Waals surface area (Å²) in [4.78, 5) is 9.37. The maximum absolute atomic E-state index is 12.4. The molecule has 0 bridgehead atoms. The summed E-state index contributed by atoms with van der Waals surface area (Å²) in [5, 5.41) is 8.85. The topological polar surface area (TPSA) is 75.3 Å². The number of nitrogens with two attached hydrogens (primary N) is 1. The second-order valence-corrected chi connectivity index (χ2v) is 3.48. The molecule has 1 heterocycles. The van der Waals surface area contributed by atoms with Gasteiger partial charge in [-0.3, -0.25) is 0 Å². The van der Waals surface area contributed by atoms with Gasteiger partial charge in [-0.1, -0.05) is 6.92 Å². The summed E-state index contributed by atoms with van der Waals surface area (Å²) >= 11 is 0. The van der Waals surface area contributed by atoms with Crippen LogP contribution in [-0.4, -0.2) is 41.2 Å². The highest BCUT2D eigenvalue weighted by atomic mass is 19.3. The Bertz CT molecular complexity index is 362. The van der Waals surface area contributed by atoms with Crippen LogP contribution in [0.4, 0.5) is 20.4 Å². The molecule has 0 saturated heterocycles. The SMILES string of the molecule is CCc1nc(N)cc(N(CCO)CC(F)F)n1. The van der Waals surface area contributed by atoms with E-state index in [0.717, 1.165) is 0 Å². The minimum atomic E-state index is -2.50. The van der Waals surface area contributed by atoms with Crippen molar-refractivity contribution in [3.63, 3.8) is 0 Å². The maximum Gasteiger partial charge on any atom is 0.255 e. The molecule has 0 aliphatic carbocycles. The largest absolute Gasteiger partial charge is 0.395 e. The number of anilines is 2. The average molecular weight is 246 g/mol. The highest BCUT2D eigenvalue weighted by Crippen LogP contribution is 2.15. The Morgan fingerprint density at radius 1 is 1.47 bits per heavy atom. The second kappa shape index (κ2) is 6.29. The molecule has 0 atom stereocenters. The van der Waals surface area contributed by atoms with Gasteiger partial charge in [0.1, 0.15) is 17.5 Å². The van der Waals surface area contributed by atoms with E-state index in [-0.39, 0.29) is 19.0 Å². The average Bonchev–Trinajstić information content (AvgIpc) is 2.27. The number of aryl methyl sites for hydroxylation is 1. The molecule has 0 radical (unpaired) electrons. The third kappa shape index (κ3) is 4.10. The van der Waals surface area contributed by atoms with Gasteiger partial charge in [0.25, 0.3) is 6.43 Å². The normalized spacial score (nSPS) is 10.9. The summed E-state index contributed by atoms with van der Waals surface area (Å²) in [5.41, 5.74) is 5.57. The van der Waals surface area contributed by atoms with Crippen LogP contribution in [0.15, 0.2) is 6.07 Å². The Labute approximate surface area is 98.3 Å². The smallest absolute Gasteiger partial charge is 0.255 e. The first-order valence-corrected chi connectivity index (χ1v) is 5.34. The number of aromatic nitrogens is 2. The number of halogens is 2. The van der Waals surface area contributed by atoms with Crippen molar-refractivity contribution in [1.82, 2.24) is 9.97 Å². The van der Waals surface area contributed by atoms with Gasteiger partial charge in [0.05, 0.1) is 13.2 Å². The van der Waals surface area contributed by atoms with E-state index in [2.05, 4.69) is 9.97 Å². The summed E-state index contributed by atoms with van der Waals surface area (Å²) < 4.78 is 24.8. The van der Waals surface area contributed by atoms with Crippen LogP contribution >= 0.6 is 0 Å². The lowest BCUT2D eigenvalue weighted by atomic mass is 10.4. The number of rotatable bonds is 6. The van der Waals surface area contributed by atoms with Gasteiger partial charge in [0, 0.05) is 19.0 Å². The molecule has 0 fully saturated rings. The Morgan fingerprint density at radius 3 is 2.71 bits per heavy atom. The first-order chi connectivity index (χ1) is 8.06. The molecule has 0 saturated carbocycles. The number of aliphatic hydroxyl groups is 1. The van der Waals surface area contributed by atoms with Gasteiger partial charge in [-0.15, -0.1) is 0 Å². The lowest BCUT2D eigenvalue weighted by Gasteiger charge is -2.22. The van der Waals surface area contributed by atoms with E-state index < -0.39 is 13.0 Å². The monoisotopic (exact) mass is 246 g/mol. The molecule has 0 aromatic carbocycles. The quantitative estimate of drug-likeness (QED) is 0.772. The van der Waals surface area contributed by atoms with E-state index in [1.54, 1.807) is 0 Å². The lowest BCUT2D eigenvalue weighted by Crippen LogP contribution is -2.32. The van der Waals surface area contributed by atoms with E-state index in [0.29, 0.717) is 18.1 Å². The van der Waals surface area contributed by atoms with Crippen LogP contribution < -0.4 is 10.6 Å². The number of alkyl halides is 2. The molecule has 1 aromatic rings. The van der Waals surface area contributed by atoms with Crippen molar-refractivity contribution in [2.24, 2.45) is 0 Å². The van der Waals surface area contributed by atoms with Crippen LogP contribution in [0.2, 0.25) is 0 Å².